The summed E-state index contributed by atoms with van der Waals surface area (Å²) in [5.74, 6) is 2.61. The molecule has 0 atom stereocenters. The Morgan fingerprint density at radius 1 is 1.17 bits per heavy atom. The molecule has 24 heavy (non-hydrogen) atoms. The molecule has 0 saturated heterocycles. The first-order chi connectivity index (χ1) is 11.8. The third-order valence-electron chi connectivity index (χ3n) is 4.37. The number of nitrogens with one attached hydrogen (secondary N) is 2. The highest BCUT2D eigenvalue weighted by atomic mass is 15.2. The number of rotatable bonds is 4. The minimum Gasteiger partial charge on any atom is -0.366 e. The maximum atomic E-state index is 4.62. The smallest absolute Gasteiger partial charge is 0.155 e. The number of aromatic nitrogens is 5. The summed E-state index contributed by atoms with van der Waals surface area (Å²) in [7, 11) is 0. The van der Waals surface area contributed by atoms with Crippen LogP contribution >= 0.6 is 0 Å². The zero-order valence-corrected chi connectivity index (χ0v) is 13.7. The van der Waals surface area contributed by atoms with E-state index in [2.05, 4.69) is 42.6 Å². The summed E-state index contributed by atoms with van der Waals surface area (Å²) in [5, 5.41) is 10.3. The van der Waals surface area contributed by atoms with Crippen molar-refractivity contribution in [2.45, 2.75) is 39.2 Å². The molecule has 0 bridgehead atoms. The summed E-state index contributed by atoms with van der Waals surface area (Å²) in [5.41, 5.74) is 4.72. The minimum atomic E-state index is 0.727. The Bertz CT molecular complexity index is 841. The van der Waals surface area contributed by atoms with Crippen LogP contribution in [-0.4, -0.2) is 25.1 Å². The lowest BCUT2D eigenvalue weighted by atomic mass is 9.96. The molecule has 1 aliphatic carbocycles. The van der Waals surface area contributed by atoms with Gasteiger partial charge in [-0.05, 0) is 44.2 Å². The average Bonchev–Trinajstić information content (AvgIpc) is 3.14. The van der Waals surface area contributed by atoms with Crippen molar-refractivity contribution in [1.82, 2.24) is 25.1 Å². The van der Waals surface area contributed by atoms with E-state index in [-0.39, 0.29) is 0 Å². The molecule has 6 heteroatoms. The van der Waals surface area contributed by atoms with Gasteiger partial charge < -0.3 is 5.32 Å². The Morgan fingerprint density at radius 2 is 2.08 bits per heavy atom. The molecule has 0 amide bonds. The summed E-state index contributed by atoms with van der Waals surface area (Å²) in [6.45, 7) is 2.69. The lowest BCUT2D eigenvalue weighted by Gasteiger charge is -2.19. The third kappa shape index (κ3) is 2.99. The van der Waals surface area contributed by atoms with E-state index < -0.39 is 0 Å². The van der Waals surface area contributed by atoms with Gasteiger partial charge >= 0.3 is 0 Å². The van der Waals surface area contributed by atoms with Gasteiger partial charge in [0.15, 0.2) is 5.82 Å². The number of fused-ring (bicyclic) bond motifs is 1. The molecule has 6 nitrogen and oxygen atoms in total. The van der Waals surface area contributed by atoms with Crippen molar-refractivity contribution in [2.75, 3.05) is 5.32 Å². The van der Waals surface area contributed by atoms with E-state index in [1.807, 2.05) is 19.1 Å². The van der Waals surface area contributed by atoms with Crippen LogP contribution in [0.4, 0.5) is 5.82 Å². The summed E-state index contributed by atoms with van der Waals surface area (Å²) in [6, 6.07) is 8.29. The molecular weight excluding hydrogens is 300 g/mol. The lowest BCUT2D eigenvalue weighted by molar-refractivity contribution is 0.659. The fraction of sp³-hybridized carbons (Fsp3) is 0.333. The monoisotopic (exact) mass is 320 g/mol. The van der Waals surface area contributed by atoms with Crippen molar-refractivity contribution in [1.29, 1.82) is 0 Å². The molecule has 122 valence electrons. The maximum Gasteiger partial charge on any atom is 0.155 e. The lowest BCUT2D eigenvalue weighted by Crippen LogP contribution is -2.13. The van der Waals surface area contributed by atoms with E-state index >= 15 is 0 Å². The van der Waals surface area contributed by atoms with Gasteiger partial charge in [-0.3, -0.25) is 5.10 Å². The van der Waals surface area contributed by atoms with Gasteiger partial charge in [0.05, 0.1) is 0 Å². The number of anilines is 1. The zero-order chi connectivity index (χ0) is 16.4. The molecule has 4 rings (SSSR count). The van der Waals surface area contributed by atoms with Gasteiger partial charge in [0.2, 0.25) is 0 Å². The number of aromatic amines is 1. The zero-order valence-electron chi connectivity index (χ0n) is 13.7. The third-order valence-corrected chi connectivity index (χ3v) is 4.37. The fourth-order valence-electron chi connectivity index (χ4n) is 3.22. The normalized spacial score (nSPS) is 13.5. The number of H-pyrrole nitrogens is 1. The van der Waals surface area contributed by atoms with E-state index in [1.54, 1.807) is 0 Å². The molecule has 0 unspecified atom stereocenters. The van der Waals surface area contributed by atoms with E-state index in [4.69, 9.17) is 0 Å². The number of nitrogens with zero attached hydrogens (tertiary/aromatic N) is 4. The number of hydrogen-bond acceptors (Lipinski definition) is 5. The van der Waals surface area contributed by atoms with E-state index in [0.29, 0.717) is 0 Å². The van der Waals surface area contributed by atoms with Gasteiger partial charge in [-0.1, -0.05) is 18.2 Å². The van der Waals surface area contributed by atoms with E-state index in [9.17, 15) is 0 Å². The second-order valence-electron chi connectivity index (χ2n) is 6.14. The highest BCUT2D eigenvalue weighted by Crippen LogP contribution is 2.26. The molecule has 2 aromatic heterocycles. The van der Waals surface area contributed by atoms with E-state index in [1.165, 1.54) is 36.0 Å². The summed E-state index contributed by atoms with van der Waals surface area (Å²) in [6.07, 6.45) is 6.10. The summed E-state index contributed by atoms with van der Waals surface area (Å²) in [4.78, 5) is 13.4. The van der Waals surface area contributed by atoms with Crippen molar-refractivity contribution in [3.8, 4) is 11.4 Å². The molecular formula is C18H20N6. The molecule has 1 aliphatic rings. The van der Waals surface area contributed by atoms with Gasteiger partial charge in [-0.15, -0.1) is 0 Å². The van der Waals surface area contributed by atoms with Gasteiger partial charge in [0.1, 0.15) is 18.0 Å². The highest BCUT2D eigenvalue weighted by Gasteiger charge is 2.16. The van der Waals surface area contributed by atoms with Crippen molar-refractivity contribution in [3.63, 3.8) is 0 Å². The minimum absolute atomic E-state index is 0.727. The molecule has 0 aliphatic heterocycles. The second kappa shape index (κ2) is 6.39. The Labute approximate surface area is 140 Å². The van der Waals surface area contributed by atoms with Crippen LogP contribution in [0.25, 0.3) is 11.4 Å². The van der Waals surface area contributed by atoms with Crippen LogP contribution in [0.15, 0.2) is 30.6 Å². The molecule has 0 spiro atoms. The van der Waals surface area contributed by atoms with Gasteiger partial charge in [-0.2, -0.15) is 5.10 Å². The van der Waals surface area contributed by atoms with Crippen LogP contribution in [-0.2, 0) is 19.4 Å². The second-order valence-corrected chi connectivity index (χ2v) is 6.14. The number of hydrogen-bond donors (Lipinski definition) is 2. The Balaban J connectivity index is 1.55. The first-order valence-corrected chi connectivity index (χ1v) is 8.34. The molecule has 1 aromatic carbocycles. The maximum absolute atomic E-state index is 4.62. The number of benzene rings is 1. The van der Waals surface area contributed by atoms with Crippen LogP contribution in [0.1, 0.15) is 35.5 Å². The predicted octanol–water partition coefficient (Wildman–Crippen LogP) is 3.06. The van der Waals surface area contributed by atoms with Crippen LogP contribution < -0.4 is 5.32 Å². The Morgan fingerprint density at radius 3 is 2.96 bits per heavy atom. The predicted molar refractivity (Wildman–Crippen MR) is 92.6 cm³/mol. The first-order valence-electron chi connectivity index (χ1n) is 8.34. The quantitative estimate of drug-likeness (QED) is 0.772. The molecule has 0 saturated carbocycles. The van der Waals surface area contributed by atoms with Crippen LogP contribution in [0.5, 0.6) is 0 Å². The SMILES string of the molecule is Cc1nc2c(c(NCc3cccc(-c4ncn[nH]4)c3)n1)CCCC2. The van der Waals surface area contributed by atoms with Gasteiger partial charge in [-0.25, -0.2) is 15.0 Å². The molecule has 2 N–H and O–H groups in total. The van der Waals surface area contributed by atoms with Crippen LogP contribution in [0, 0.1) is 6.92 Å². The Hall–Kier alpha value is -2.76. The largest absolute Gasteiger partial charge is 0.366 e. The Kier molecular flexibility index (Phi) is 3.94. The van der Waals surface area contributed by atoms with Gasteiger partial charge in [0, 0.05) is 23.4 Å². The van der Waals surface area contributed by atoms with Crippen LogP contribution in [0.2, 0.25) is 0 Å². The van der Waals surface area contributed by atoms with Crippen molar-refractivity contribution in [3.05, 3.63) is 53.2 Å². The summed E-state index contributed by atoms with van der Waals surface area (Å²) < 4.78 is 0. The van der Waals surface area contributed by atoms with Crippen molar-refractivity contribution < 1.29 is 0 Å². The summed E-state index contributed by atoms with van der Waals surface area (Å²) >= 11 is 0. The van der Waals surface area contributed by atoms with E-state index in [0.717, 1.165) is 42.4 Å². The topological polar surface area (TPSA) is 79.4 Å². The fourth-order valence-corrected chi connectivity index (χ4v) is 3.22. The molecule has 0 fully saturated rings. The van der Waals surface area contributed by atoms with Crippen LogP contribution in [0.3, 0.4) is 0 Å². The molecule has 3 aromatic rings. The van der Waals surface area contributed by atoms with Crippen molar-refractivity contribution in [2.24, 2.45) is 0 Å². The highest BCUT2D eigenvalue weighted by molar-refractivity contribution is 5.56. The van der Waals surface area contributed by atoms with Crippen molar-refractivity contribution >= 4 is 5.82 Å². The van der Waals surface area contributed by atoms with Gasteiger partial charge in [0.25, 0.3) is 0 Å². The molecule has 0 radical (unpaired) electrons. The number of aryl methyl sites for hydroxylation is 2. The standard InChI is InChI=1S/C18H20N6/c1-12-22-16-8-3-2-7-15(16)18(23-12)19-10-13-5-4-6-14(9-13)17-20-11-21-24-17/h4-6,9,11H,2-3,7-8,10H2,1H3,(H,19,22,23)(H,20,21,24). The average molecular weight is 320 g/mol. The first kappa shape index (κ1) is 14.8. The molecule has 2 heterocycles.